The molecule has 1 unspecified atom stereocenters. The molecule has 1 aliphatic heterocycles. The van der Waals surface area contributed by atoms with Gasteiger partial charge in [-0.25, -0.2) is 0 Å². The fourth-order valence-corrected chi connectivity index (χ4v) is 3.00. The Hall–Kier alpha value is -2.62. The van der Waals surface area contributed by atoms with Crippen LogP contribution in [0.1, 0.15) is 24.5 Å². The summed E-state index contributed by atoms with van der Waals surface area (Å²) >= 11 is 0. The third kappa shape index (κ3) is 3.48. The van der Waals surface area contributed by atoms with Crippen molar-refractivity contribution in [1.82, 2.24) is 5.32 Å². The number of hydrogen-bond donors (Lipinski definition) is 1. The molecule has 0 aromatic heterocycles. The smallest absolute Gasteiger partial charge is 0.239 e. The molecule has 0 bridgehead atoms. The molecule has 0 saturated carbocycles. The lowest BCUT2D eigenvalue weighted by molar-refractivity contribution is -0.132. The number of nitrogens with one attached hydrogen (secondary N) is 1. The van der Waals surface area contributed by atoms with E-state index < -0.39 is 5.92 Å². The Labute approximate surface area is 142 Å². The summed E-state index contributed by atoms with van der Waals surface area (Å²) in [6.07, 6.45) is 1.54. The van der Waals surface area contributed by atoms with Gasteiger partial charge in [0.15, 0.2) is 0 Å². The second-order valence-electron chi connectivity index (χ2n) is 6.05. The third-order valence-corrected chi connectivity index (χ3v) is 4.49. The van der Waals surface area contributed by atoms with Crippen LogP contribution in [0.15, 0.2) is 54.6 Å². The van der Waals surface area contributed by atoms with Crippen molar-refractivity contribution >= 4 is 17.5 Å². The summed E-state index contributed by atoms with van der Waals surface area (Å²) in [5, 5.41) is 2.88. The first-order valence-electron chi connectivity index (χ1n) is 8.41. The van der Waals surface area contributed by atoms with Crippen molar-refractivity contribution in [2.45, 2.75) is 26.3 Å². The van der Waals surface area contributed by atoms with E-state index in [1.165, 1.54) is 5.56 Å². The molecule has 1 saturated heterocycles. The summed E-state index contributed by atoms with van der Waals surface area (Å²) in [6.45, 7) is 3.14. The number of rotatable bonds is 5. The average Bonchev–Trinajstić information content (AvgIpc) is 3.02. The highest BCUT2D eigenvalue weighted by atomic mass is 16.2. The molecule has 3 rings (SSSR count). The molecule has 2 amide bonds. The van der Waals surface area contributed by atoms with Gasteiger partial charge in [-0.3, -0.25) is 9.59 Å². The van der Waals surface area contributed by atoms with E-state index in [4.69, 9.17) is 0 Å². The first-order valence-corrected chi connectivity index (χ1v) is 8.41. The van der Waals surface area contributed by atoms with Crippen LogP contribution in [0.3, 0.4) is 0 Å². The van der Waals surface area contributed by atoms with Gasteiger partial charge in [0, 0.05) is 18.8 Å². The molecule has 124 valence electrons. The molecule has 1 fully saturated rings. The summed E-state index contributed by atoms with van der Waals surface area (Å²) < 4.78 is 0. The number of hydrogen-bond acceptors (Lipinski definition) is 2. The Morgan fingerprint density at radius 3 is 2.46 bits per heavy atom. The van der Waals surface area contributed by atoms with Gasteiger partial charge >= 0.3 is 0 Å². The summed E-state index contributed by atoms with van der Waals surface area (Å²) in [5.74, 6) is -0.874. The lowest BCUT2D eigenvalue weighted by atomic mass is 10.1. The van der Waals surface area contributed by atoms with Crippen molar-refractivity contribution in [1.29, 1.82) is 0 Å². The Bertz CT molecular complexity index is 710. The van der Waals surface area contributed by atoms with Crippen molar-refractivity contribution in [3.05, 3.63) is 65.7 Å². The minimum absolute atomic E-state index is 0.107. The molecule has 0 aliphatic carbocycles. The summed E-state index contributed by atoms with van der Waals surface area (Å²) in [7, 11) is 0. The molecule has 1 aliphatic rings. The maximum absolute atomic E-state index is 12.6. The molecule has 24 heavy (non-hydrogen) atoms. The quantitative estimate of drug-likeness (QED) is 0.861. The Kier molecular flexibility index (Phi) is 4.94. The van der Waals surface area contributed by atoms with Gasteiger partial charge < -0.3 is 10.2 Å². The van der Waals surface area contributed by atoms with Crippen molar-refractivity contribution in [3.63, 3.8) is 0 Å². The molecule has 1 N–H and O–H groups in total. The number of benzene rings is 2. The Morgan fingerprint density at radius 2 is 1.79 bits per heavy atom. The maximum Gasteiger partial charge on any atom is 0.239 e. The van der Waals surface area contributed by atoms with Gasteiger partial charge in [-0.05, 0) is 36.1 Å². The first-order chi connectivity index (χ1) is 11.7. The van der Waals surface area contributed by atoms with Gasteiger partial charge in [0.2, 0.25) is 11.8 Å². The Morgan fingerprint density at radius 1 is 1.08 bits per heavy atom. The lowest BCUT2D eigenvalue weighted by Gasteiger charge is -2.17. The minimum atomic E-state index is -0.584. The van der Waals surface area contributed by atoms with E-state index in [-0.39, 0.29) is 11.8 Å². The molecular weight excluding hydrogens is 300 g/mol. The second kappa shape index (κ2) is 7.30. The van der Waals surface area contributed by atoms with Crippen LogP contribution < -0.4 is 10.2 Å². The molecule has 4 nitrogen and oxygen atoms in total. The maximum atomic E-state index is 12.6. The first kappa shape index (κ1) is 16.2. The summed E-state index contributed by atoms with van der Waals surface area (Å²) in [4.78, 5) is 26.6. The minimum Gasteiger partial charge on any atom is -0.351 e. The number of carbonyl (C=O) groups is 2. The van der Waals surface area contributed by atoms with E-state index in [2.05, 4.69) is 12.2 Å². The van der Waals surface area contributed by atoms with Gasteiger partial charge in [-0.2, -0.15) is 0 Å². The monoisotopic (exact) mass is 322 g/mol. The molecule has 4 heteroatoms. The zero-order chi connectivity index (χ0) is 16.9. The van der Waals surface area contributed by atoms with E-state index >= 15 is 0 Å². The predicted molar refractivity (Wildman–Crippen MR) is 94.6 cm³/mol. The predicted octanol–water partition coefficient (Wildman–Crippen LogP) is 2.92. The van der Waals surface area contributed by atoms with Crippen LogP contribution >= 0.6 is 0 Å². The second-order valence-corrected chi connectivity index (χ2v) is 6.05. The highest BCUT2D eigenvalue weighted by Crippen LogP contribution is 2.25. The van der Waals surface area contributed by atoms with E-state index in [1.54, 1.807) is 4.90 Å². The van der Waals surface area contributed by atoms with E-state index in [1.807, 2.05) is 54.6 Å². The van der Waals surface area contributed by atoms with Crippen LogP contribution in [0, 0.1) is 5.92 Å². The van der Waals surface area contributed by atoms with Gasteiger partial charge in [0.1, 0.15) is 5.92 Å². The van der Waals surface area contributed by atoms with Crippen LogP contribution in [-0.4, -0.2) is 18.4 Å². The highest BCUT2D eigenvalue weighted by Gasteiger charge is 2.37. The lowest BCUT2D eigenvalue weighted by Crippen LogP contribution is -2.36. The van der Waals surface area contributed by atoms with Crippen LogP contribution in [0.4, 0.5) is 5.69 Å². The summed E-state index contributed by atoms with van der Waals surface area (Å²) in [5.41, 5.74) is 3.14. The molecule has 1 atom stereocenters. The number of nitrogens with zero attached hydrogens (tertiary/aromatic N) is 1. The molecule has 0 spiro atoms. The SMILES string of the molecule is CCc1ccc(N2CCC(C(=O)NCc3ccccc3)C2=O)cc1. The van der Waals surface area contributed by atoms with Gasteiger partial charge in [-0.1, -0.05) is 49.4 Å². The topological polar surface area (TPSA) is 49.4 Å². The third-order valence-electron chi connectivity index (χ3n) is 4.49. The van der Waals surface area contributed by atoms with Gasteiger partial charge in [0.25, 0.3) is 0 Å². The van der Waals surface area contributed by atoms with E-state index in [0.29, 0.717) is 19.5 Å². The number of carbonyl (C=O) groups excluding carboxylic acids is 2. The normalized spacial score (nSPS) is 17.1. The largest absolute Gasteiger partial charge is 0.351 e. The van der Waals surface area contributed by atoms with Gasteiger partial charge in [0.05, 0.1) is 0 Å². The van der Waals surface area contributed by atoms with Crippen LogP contribution in [0.2, 0.25) is 0 Å². The van der Waals surface area contributed by atoms with E-state index in [9.17, 15) is 9.59 Å². The fraction of sp³-hybridized carbons (Fsp3) is 0.300. The van der Waals surface area contributed by atoms with Crippen molar-refractivity contribution in [2.75, 3.05) is 11.4 Å². The van der Waals surface area contributed by atoms with Gasteiger partial charge in [-0.15, -0.1) is 0 Å². The zero-order valence-electron chi connectivity index (χ0n) is 13.9. The van der Waals surface area contributed by atoms with Crippen LogP contribution in [0.25, 0.3) is 0 Å². The summed E-state index contributed by atoms with van der Waals surface area (Å²) in [6, 6.07) is 17.7. The molecular formula is C20H22N2O2. The highest BCUT2D eigenvalue weighted by molar-refractivity contribution is 6.09. The molecule has 1 heterocycles. The van der Waals surface area contributed by atoms with E-state index in [0.717, 1.165) is 17.7 Å². The number of anilines is 1. The number of aryl methyl sites for hydroxylation is 1. The zero-order valence-corrected chi connectivity index (χ0v) is 13.9. The molecule has 2 aromatic carbocycles. The van der Waals surface area contributed by atoms with Crippen LogP contribution in [0.5, 0.6) is 0 Å². The van der Waals surface area contributed by atoms with Crippen molar-refractivity contribution in [3.8, 4) is 0 Å². The molecule has 0 radical (unpaired) electrons. The fourth-order valence-electron chi connectivity index (χ4n) is 3.00. The molecule has 2 aromatic rings. The average molecular weight is 322 g/mol. The van der Waals surface area contributed by atoms with Crippen molar-refractivity contribution < 1.29 is 9.59 Å². The Balaban J connectivity index is 1.61. The number of amides is 2. The van der Waals surface area contributed by atoms with Crippen LogP contribution in [-0.2, 0) is 22.6 Å². The van der Waals surface area contributed by atoms with Crippen molar-refractivity contribution in [2.24, 2.45) is 5.92 Å². The standard InChI is InChI=1S/C20H22N2O2/c1-2-15-8-10-17(11-9-15)22-13-12-18(20(22)24)19(23)21-14-16-6-4-3-5-7-16/h3-11,18H,2,12-14H2,1H3,(H,21,23).